The summed E-state index contributed by atoms with van der Waals surface area (Å²) in [6, 6.07) is 4.70. The first kappa shape index (κ1) is 12.7. The van der Waals surface area contributed by atoms with E-state index in [1.807, 2.05) is 5.51 Å². The number of benzene rings is 1. The van der Waals surface area contributed by atoms with E-state index in [1.165, 1.54) is 25.9 Å². The quantitative estimate of drug-likeness (QED) is 0.843. The third kappa shape index (κ3) is 2.53. The van der Waals surface area contributed by atoms with Crippen molar-refractivity contribution < 1.29 is 0 Å². The second-order valence-corrected chi connectivity index (χ2v) is 6.09. The van der Waals surface area contributed by atoms with Gasteiger partial charge >= 0.3 is 0 Å². The number of nitrogens with zero attached hydrogens (tertiary/aromatic N) is 2. The summed E-state index contributed by atoms with van der Waals surface area (Å²) in [5, 5.41) is 3.47. The normalized spacial score (nSPS) is 17.9. The number of thiazole rings is 1. The molecule has 1 saturated heterocycles. The van der Waals surface area contributed by atoms with Crippen LogP contribution in [0.1, 0.15) is 19.8 Å². The number of anilines is 2. The number of hydrogen-bond donors (Lipinski definition) is 2. The van der Waals surface area contributed by atoms with Gasteiger partial charge in [0.2, 0.25) is 0 Å². The molecule has 1 aliphatic heterocycles. The largest absolute Gasteiger partial charge is 0.395 e. The van der Waals surface area contributed by atoms with Crippen LogP contribution < -0.4 is 11.1 Å². The number of likely N-dealkylation sites (tertiary alicyclic amines) is 1. The summed E-state index contributed by atoms with van der Waals surface area (Å²) in [6.07, 6.45) is 2.66. The van der Waals surface area contributed by atoms with Gasteiger partial charge in [-0.3, -0.25) is 4.90 Å². The van der Waals surface area contributed by atoms with E-state index in [0.29, 0.717) is 6.04 Å². The lowest BCUT2D eigenvalue weighted by Gasteiger charge is -2.24. The van der Waals surface area contributed by atoms with Gasteiger partial charge in [-0.05, 0) is 45.0 Å². The van der Waals surface area contributed by atoms with Crippen LogP contribution in [0.2, 0.25) is 0 Å². The number of aromatic nitrogens is 1. The second kappa shape index (κ2) is 5.35. The van der Waals surface area contributed by atoms with Crippen LogP contribution in [0.15, 0.2) is 17.6 Å². The van der Waals surface area contributed by atoms with Crippen molar-refractivity contribution in [2.45, 2.75) is 25.8 Å². The zero-order valence-corrected chi connectivity index (χ0v) is 12.0. The summed E-state index contributed by atoms with van der Waals surface area (Å²) in [6.45, 7) is 5.66. The van der Waals surface area contributed by atoms with Gasteiger partial charge in [0.25, 0.3) is 0 Å². The van der Waals surface area contributed by atoms with Crippen molar-refractivity contribution in [3.8, 4) is 0 Å². The van der Waals surface area contributed by atoms with Crippen LogP contribution in [0.5, 0.6) is 0 Å². The molecule has 1 fully saturated rings. The number of nitrogen functional groups attached to an aromatic ring is 1. The molecule has 19 heavy (non-hydrogen) atoms. The molecular weight excluding hydrogens is 256 g/mol. The Hall–Kier alpha value is -1.33. The molecule has 1 aromatic heterocycles. The molecule has 102 valence electrons. The lowest BCUT2D eigenvalue weighted by molar-refractivity contribution is 0.269. The number of hydrogen-bond acceptors (Lipinski definition) is 5. The van der Waals surface area contributed by atoms with Gasteiger partial charge in [-0.15, -0.1) is 11.3 Å². The lowest BCUT2D eigenvalue weighted by atomic mass is 10.2. The van der Waals surface area contributed by atoms with Gasteiger partial charge < -0.3 is 11.1 Å². The third-order valence-corrected chi connectivity index (χ3v) is 4.69. The smallest absolute Gasteiger partial charge is 0.106 e. The minimum atomic E-state index is 0.549. The van der Waals surface area contributed by atoms with Crippen molar-refractivity contribution in [1.29, 1.82) is 0 Å². The van der Waals surface area contributed by atoms with E-state index < -0.39 is 0 Å². The molecule has 2 heterocycles. The van der Waals surface area contributed by atoms with Gasteiger partial charge in [-0.2, -0.15) is 0 Å². The molecule has 0 amide bonds. The zero-order chi connectivity index (χ0) is 13.2. The third-order valence-electron chi connectivity index (χ3n) is 3.89. The molecule has 0 spiro atoms. The van der Waals surface area contributed by atoms with E-state index >= 15 is 0 Å². The van der Waals surface area contributed by atoms with Crippen LogP contribution in [0.4, 0.5) is 11.4 Å². The fraction of sp³-hybridized carbons (Fsp3) is 0.500. The van der Waals surface area contributed by atoms with Crippen LogP contribution in [0.3, 0.4) is 0 Å². The Morgan fingerprint density at radius 1 is 1.42 bits per heavy atom. The van der Waals surface area contributed by atoms with Crippen molar-refractivity contribution in [3.05, 3.63) is 17.6 Å². The second-order valence-electron chi connectivity index (χ2n) is 5.20. The molecule has 0 saturated carbocycles. The Labute approximate surface area is 117 Å². The van der Waals surface area contributed by atoms with Crippen molar-refractivity contribution >= 4 is 32.9 Å². The average Bonchev–Trinajstić information content (AvgIpc) is 3.09. The standard InChI is InChI=1S/C14H20N4S/c1-10(18-6-2-3-7-18)8-16-11-4-5-12-14(13(11)15)17-9-19-12/h4-5,9-10,16H,2-3,6-8,15H2,1H3. The maximum atomic E-state index is 6.17. The highest BCUT2D eigenvalue weighted by molar-refractivity contribution is 7.16. The van der Waals surface area contributed by atoms with Crippen LogP contribution in [0, 0.1) is 0 Å². The van der Waals surface area contributed by atoms with Crippen molar-refractivity contribution in [1.82, 2.24) is 9.88 Å². The molecule has 1 unspecified atom stereocenters. The predicted molar refractivity (Wildman–Crippen MR) is 82.8 cm³/mol. The predicted octanol–water partition coefficient (Wildman–Crippen LogP) is 2.77. The highest BCUT2D eigenvalue weighted by atomic mass is 32.1. The molecule has 5 heteroatoms. The maximum absolute atomic E-state index is 6.17. The average molecular weight is 276 g/mol. The molecule has 2 aromatic rings. The van der Waals surface area contributed by atoms with E-state index in [9.17, 15) is 0 Å². The molecule has 3 N–H and O–H groups in total. The van der Waals surface area contributed by atoms with E-state index in [4.69, 9.17) is 5.73 Å². The molecule has 1 aliphatic rings. The van der Waals surface area contributed by atoms with Crippen LogP contribution in [0.25, 0.3) is 10.2 Å². The van der Waals surface area contributed by atoms with Crippen molar-refractivity contribution in [2.24, 2.45) is 0 Å². The Balaban J connectivity index is 1.69. The topological polar surface area (TPSA) is 54.2 Å². The Morgan fingerprint density at radius 3 is 3.00 bits per heavy atom. The number of rotatable bonds is 4. The minimum absolute atomic E-state index is 0.549. The van der Waals surface area contributed by atoms with Crippen molar-refractivity contribution in [2.75, 3.05) is 30.7 Å². The van der Waals surface area contributed by atoms with Gasteiger partial charge in [-0.25, -0.2) is 4.98 Å². The summed E-state index contributed by atoms with van der Waals surface area (Å²) >= 11 is 1.63. The molecule has 0 bridgehead atoms. The van der Waals surface area contributed by atoms with Gasteiger partial charge in [-0.1, -0.05) is 0 Å². The highest BCUT2D eigenvalue weighted by Gasteiger charge is 2.18. The molecule has 1 aromatic carbocycles. The van der Waals surface area contributed by atoms with Gasteiger partial charge in [0, 0.05) is 12.6 Å². The number of nitrogens with two attached hydrogens (primary N) is 1. The fourth-order valence-corrected chi connectivity index (χ4v) is 3.37. The molecule has 1 atom stereocenters. The summed E-state index contributed by atoms with van der Waals surface area (Å²) < 4.78 is 1.15. The summed E-state index contributed by atoms with van der Waals surface area (Å²) in [5.74, 6) is 0. The first-order chi connectivity index (χ1) is 9.25. The minimum Gasteiger partial charge on any atom is -0.395 e. The fourth-order valence-electron chi connectivity index (χ4n) is 2.68. The zero-order valence-electron chi connectivity index (χ0n) is 11.2. The molecule has 4 nitrogen and oxygen atoms in total. The monoisotopic (exact) mass is 276 g/mol. The lowest BCUT2D eigenvalue weighted by Crippen LogP contribution is -2.35. The first-order valence-corrected chi connectivity index (χ1v) is 7.73. The van der Waals surface area contributed by atoms with E-state index in [-0.39, 0.29) is 0 Å². The highest BCUT2D eigenvalue weighted by Crippen LogP contribution is 2.30. The van der Waals surface area contributed by atoms with Crippen molar-refractivity contribution in [3.63, 3.8) is 0 Å². The Kier molecular flexibility index (Phi) is 3.57. The Morgan fingerprint density at radius 2 is 2.21 bits per heavy atom. The summed E-state index contributed by atoms with van der Waals surface area (Å²) in [5.41, 5.74) is 10.7. The first-order valence-electron chi connectivity index (χ1n) is 6.85. The molecular formula is C14H20N4S. The molecule has 3 rings (SSSR count). The Bertz CT molecular complexity index is 560. The van der Waals surface area contributed by atoms with Gasteiger partial charge in [0.15, 0.2) is 0 Å². The number of fused-ring (bicyclic) bond motifs is 1. The molecule has 0 aliphatic carbocycles. The summed E-state index contributed by atoms with van der Waals surface area (Å²) in [7, 11) is 0. The van der Waals surface area contributed by atoms with Crippen LogP contribution in [-0.4, -0.2) is 35.6 Å². The van der Waals surface area contributed by atoms with Crippen LogP contribution >= 0.6 is 11.3 Å². The van der Waals surface area contributed by atoms with Crippen LogP contribution in [-0.2, 0) is 0 Å². The summed E-state index contributed by atoms with van der Waals surface area (Å²) in [4.78, 5) is 6.86. The van der Waals surface area contributed by atoms with E-state index in [0.717, 1.165) is 28.1 Å². The number of nitrogens with one attached hydrogen (secondary N) is 1. The van der Waals surface area contributed by atoms with Gasteiger partial charge in [0.1, 0.15) is 5.52 Å². The van der Waals surface area contributed by atoms with E-state index in [2.05, 4.69) is 34.3 Å². The SMILES string of the molecule is CC(CNc1ccc2scnc2c1N)N1CCCC1. The maximum Gasteiger partial charge on any atom is 0.106 e. The van der Waals surface area contributed by atoms with Gasteiger partial charge in [0.05, 0.1) is 21.6 Å². The molecule has 0 radical (unpaired) electrons. The van der Waals surface area contributed by atoms with E-state index in [1.54, 1.807) is 11.3 Å².